The molecule has 7 heteroatoms. The third-order valence-electron chi connectivity index (χ3n) is 5.32. The Balaban J connectivity index is 1.56. The van der Waals surface area contributed by atoms with E-state index in [0.29, 0.717) is 31.5 Å². The highest BCUT2D eigenvalue weighted by Crippen LogP contribution is 2.25. The van der Waals surface area contributed by atoms with Gasteiger partial charge in [-0.3, -0.25) is 14.4 Å². The molecule has 1 N–H and O–H groups in total. The Morgan fingerprint density at radius 1 is 1.00 bits per heavy atom. The Morgan fingerprint density at radius 2 is 1.70 bits per heavy atom. The van der Waals surface area contributed by atoms with E-state index in [9.17, 15) is 14.4 Å². The smallest absolute Gasteiger partial charge is 0.325 e. The highest BCUT2D eigenvalue weighted by Gasteiger charge is 2.28. The quantitative estimate of drug-likeness (QED) is 0.740. The molecular formula is C23H26N2O5. The van der Waals surface area contributed by atoms with E-state index < -0.39 is 5.97 Å². The van der Waals surface area contributed by atoms with Crippen molar-refractivity contribution < 1.29 is 23.9 Å². The van der Waals surface area contributed by atoms with Crippen LogP contribution in [0.25, 0.3) is 11.1 Å². The number of carbonyl (C=O) groups excluding carboxylic acids is 3. The number of hydrogen-bond acceptors (Lipinski definition) is 5. The summed E-state index contributed by atoms with van der Waals surface area (Å²) >= 11 is 0. The van der Waals surface area contributed by atoms with Crippen LogP contribution >= 0.6 is 0 Å². The van der Waals surface area contributed by atoms with Crippen LogP contribution in [0.15, 0.2) is 48.5 Å². The number of piperidine rings is 1. The maximum atomic E-state index is 12.8. The van der Waals surface area contributed by atoms with Gasteiger partial charge in [0.2, 0.25) is 5.91 Å². The Kier molecular flexibility index (Phi) is 7.06. The molecule has 30 heavy (non-hydrogen) atoms. The number of likely N-dealkylation sites (tertiary alicyclic amines) is 1. The minimum absolute atomic E-state index is 0.0411. The Hall–Kier alpha value is -3.35. The molecule has 1 heterocycles. The van der Waals surface area contributed by atoms with Gasteiger partial charge in [-0.1, -0.05) is 24.3 Å². The van der Waals surface area contributed by atoms with Gasteiger partial charge in [-0.25, -0.2) is 0 Å². The molecule has 1 fully saturated rings. The highest BCUT2D eigenvalue weighted by molar-refractivity contribution is 5.95. The van der Waals surface area contributed by atoms with Gasteiger partial charge in [0.1, 0.15) is 12.3 Å². The third-order valence-corrected chi connectivity index (χ3v) is 5.32. The predicted molar refractivity (Wildman–Crippen MR) is 112 cm³/mol. The van der Waals surface area contributed by atoms with Crippen LogP contribution in [-0.2, 0) is 14.3 Å². The predicted octanol–water partition coefficient (Wildman–Crippen LogP) is 2.50. The number of amides is 2. The number of esters is 1. The first kappa shape index (κ1) is 21.4. The number of benzene rings is 2. The lowest BCUT2D eigenvalue weighted by molar-refractivity contribution is -0.141. The zero-order chi connectivity index (χ0) is 21.5. The molecule has 0 unspecified atom stereocenters. The second kappa shape index (κ2) is 9.91. The van der Waals surface area contributed by atoms with E-state index in [-0.39, 0.29) is 24.3 Å². The van der Waals surface area contributed by atoms with Crippen LogP contribution in [0.5, 0.6) is 5.75 Å². The fraction of sp³-hybridized carbons (Fsp3) is 0.348. The van der Waals surface area contributed by atoms with Gasteiger partial charge < -0.3 is 19.7 Å². The molecule has 3 rings (SSSR count). The van der Waals surface area contributed by atoms with Gasteiger partial charge in [0.05, 0.1) is 14.2 Å². The van der Waals surface area contributed by atoms with Gasteiger partial charge in [0.15, 0.2) is 0 Å². The number of rotatable bonds is 6. The van der Waals surface area contributed by atoms with Crippen LogP contribution in [0.4, 0.5) is 0 Å². The van der Waals surface area contributed by atoms with Crippen molar-refractivity contribution >= 4 is 17.8 Å². The monoisotopic (exact) mass is 410 g/mol. The molecule has 2 aromatic rings. The lowest BCUT2D eigenvalue weighted by Gasteiger charge is -2.31. The van der Waals surface area contributed by atoms with Crippen molar-refractivity contribution in [3.05, 3.63) is 54.1 Å². The van der Waals surface area contributed by atoms with E-state index in [1.54, 1.807) is 12.0 Å². The van der Waals surface area contributed by atoms with Crippen LogP contribution < -0.4 is 10.1 Å². The van der Waals surface area contributed by atoms with Gasteiger partial charge in [-0.15, -0.1) is 0 Å². The first-order valence-electron chi connectivity index (χ1n) is 9.90. The topological polar surface area (TPSA) is 84.9 Å². The number of nitrogens with zero attached hydrogens (tertiary/aromatic N) is 1. The number of carbonyl (C=O) groups is 3. The van der Waals surface area contributed by atoms with Crippen molar-refractivity contribution in [1.82, 2.24) is 10.2 Å². The molecule has 0 bridgehead atoms. The highest BCUT2D eigenvalue weighted by atomic mass is 16.5. The summed E-state index contributed by atoms with van der Waals surface area (Å²) < 4.78 is 9.78. The molecular weight excluding hydrogens is 384 g/mol. The van der Waals surface area contributed by atoms with E-state index >= 15 is 0 Å². The third kappa shape index (κ3) is 5.17. The summed E-state index contributed by atoms with van der Waals surface area (Å²) in [5, 5.41) is 2.58. The van der Waals surface area contributed by atoms with Crippen molar-refractivity contribution in [2.24, 2.45) is 5.92 Å². The van der Waals surface area contributed by atoms with Gasteiger partial charge >= 0.3 is 5.97 Å². The molecule has 0 aliphatic carbocycles. The maximum absolute atomic E-state index is 12.8. The lowest BCUT2D eigenvalue weighted by atomic mass is 9.95. The normalized spacial score (nSPS) is 14.1. The number of hydrogen-bond donors (Lipinski definition) is 1. The van der Waals surface area contributed by atoms with E-state index in [0.717, 1.165) is 16.9 Å². The maximum Gasteiger partial charge on any atom is 0.325 e. The molecule has 2 amide bonds. The SMILES string of the molecule is COC(=O)CNC(=O)C1CCN(C(=O)c2ccc(-c3cccc(OC)c3)cc2)CC1. The van der Waals surface area contributed by atoms with Gasteiger partial charge in [-0.05, 0) is 48.2 Å². The first-order valence-corrected chi connectivity index (χ1v) is 9.90. The van der Waals surface area contributed by atoms with Gasteiger partial charge in [0, 0.05) is 24.6 Å². The number of methoxy groups -OCH3 is 2. The summed E-state index contributed by atoms with van der Waals surface area (Å²) in [7, 11) is 2.91. The second-order valence-corrected chi connectivity index (χ2v) is 7.17. The molecule has 1 saturated heterocycles. The average Bonchev–Trinajstić information content (AvgIpc) is 2.82. The van der Waals surface area contributed by atoms with E-state index in [4.69, 9.17) is 4.74 Å². The van der Waals surface area contributed by atoms with Gasteiger partial charge in [0.25, 0.3) is 5.91 Å². The summed E-state index contributed by atoms with van der Waals surface area (Å²) in [6.45, 7) is 0.883. The lowest BCUT2D eigenvalue weighted by Crippen LogP contribution is -2.44. The summed E-state index contributed by atoms with van der Waals surface area (Å²) in [5.41, 5.74) is 2.65. The number of ether oxygens (including phenoxy) is 2. The fourth-order valence-corrected chi connectivity index (χ4v) is 3.51. The van der Waals surface area contributed by atoms with E-state index in [1.165, 1.54) is 7.11 Å². The molecule has 0 atom stereocenters. The minimum Gasteiger partial charge on any atom is -0.497 e. The molecule has 158 valence electrons. The van der Waals surface area contributed by atoms with Gasteiger partial charge in [-0.2, -0.15) is 0 Å². The zero-order valence-corrected chi connectivity index (χ0v) is 17.2. The summed E-state index contributed by atoms with van der Waals surface area (Å²) in [4.78, 5) is 37.9. The van der Waals surface area contributed by atoms with Crippen molar-refractivity contribution in [2.75, 3.05) is 33.9 Å². The van der Waals surface area contributed by atoms with Crippen molar-refractivity contribution in [3.8, 4) is 16.9 Å². The molecule has 1 aliphatic rings. The summed E-state index contributed by atoms with van der Waals surface area (Å²) in [5.74, 6) is -0.107. The average molecular weight is 410 g/mol. The Bertz CT molecular complexity index is 902. The van der Waals surface area contributed by atoms with E-state index in [2.05, 4.69) is 10.1 Å². The second-order valence-electron chi connectivity index (χ2n) is 7.17. The van der Waals surface area contributed by atoms with E-state index in [1.807, 2.05) is 48.5 Å². The fourth-order valence-electron chi connectivity index (χ4n) is 3.51. The van der Waals surface area contributed by atoms with Crippen LogP contribution in [0.1, 0.15) is 23.2 Å². The molecule has 0 spiro atoms. The Labute approximate surface area is 176 Å². The minimum atomic E-state index is -0.478. The van der Waals surface area contributed by atoms with Crippen molar-refractivity contribution in [1.29, 1.82) is 0 Å². The van der Waals surface area contributed by atoms with Crippen LogP contribution in [-0.4, -0.2) is 56.5 Å². The van der Waals surface area contributed by atoms with Crippen LogP contribution in [0.2, 0.25) is 0 Å². The van der Waals surface area contributed by atoms with Crippen molar-refractivity contribution in [2.45, 2.75) is 12.8 Å². The standard InChI is InChI=1S/C23H26N2O5/c1-29-20-5-3-4-19(14-20)16-6-8-18(9-7-16)23(28)25-12-10-17(11-13-25)22(27)24-15-21(26)30-2/h3-9,14,17H,10-13,15H2,1-2H3,(H,24,27). The molecule has 1 aliphatic heterocycles. The summed E-state index contributed by atoms with van der Waals surface area (Å²) in [6.07, 6.45) is 1.14. The summed E-state index contributed by atoms with van der Waals surface area (Å²) in [6, 6.07) is 15.3. The van der Waals surface area contributed by atoms with Crippen LogP contribution in [0.3, 0.4) is 0 Å². The molecule has 0 radical (unpaired) electrons. The molecule has 0 saturated carbocycles. The largest absolute Gasteiger partial charge is 0.497 e. The van der Waals surface area contributed by atoms with Crippen molar-refractivity contribution in [3.63, 3.8) is 0 Å². The molecule has 7 nitrogen and oxygen atoms in total. The molecule has 2 aromatic carbocycles. The van der Waals surface area contributed by atoms with Crippen LogP contribution in [0, 0.1) is 5.92 Å². The Morgan fingerprint density at radius 3 is 2.33 bits per heavy atom. The number of nitrogens with one attached hydrogen (secondary N) is 1. The molecule has 0 aromatic heterocycles. The first-order chi connectivity index (χ1) is 14.5. The zero-order valence-electron chi connectivity index (χ0n) is 17.2.